The number of pyridine rings is 1. The molecule has 5 heteroatoms. The predicted octanol–water partition coefficient (Wildman–Crippen LogP) is 1.90. The first kappa shape index (κ1) is 12.6. The van der Waals surface area contributed by atoms with E-state index in [0.29, 0.717) is 22.8 Å². The van der Waals surface area contributed by atoms with Gasteiger partial charge in [-0.25, -0.2) is 4.98 Å². The van der Waals surface area contributed by atoms with Crippen LogP contribution in [-0.2, 0) is 4.79 Å². The predicted molar refractivity (Wildman–Crippen MR) is 77.2 cm³/mol. The Morgan fingerprint density at radius 3 is 2.79 bits per heavy atom. The van der Waals surface area contributed by atoms with Crippen LogP contribution in [0.4, 0.5) is 17.2 Å². The van der Waals surface area contributed by atoms with Crippen molar-refractivity contribution in [1.82, 2.24) is 4.98 Å². The third-order valence-electron chi connectivity index (χ3n) is 2.44. The molecule has 5 nitrogen and oxygen atoms in total. The molecule has 96 valence electrons. The van der Waals surface area contributed by atoms with E-state index in [9.17, 15) is 4.79 Å². The number of nitrogens with zero attached hydrogens (tertiary/aromatic N) is 1. The van der Waals surface area contributed by atoms with Crippen LogP contribution >= 0.6 is 0 Å². The molecule has 2 aromatic rings. The van der Waals surface area contributed by atoms with Gasteiger partial charge < -0.3 is 16.8 Å². The van der Waals surface area contributed by atoms with E-state index in [4.69, 9.17) is 11.5 Å². The summed E-state index contributed by atoms with van der Waals surface area (Å²) in [5.74, 6) is 0.221. The van der Waals surface area contributed by atoms with Crippen LogP contribution in [0.25, 0.3) is 6.08 Å². The van der Waals surface area contributed by atoms with E-state index >= 15 is 0 Å². The number of benzene rings is 1. The summed E-state index contributed by atoms with van der Waals surface area (Å²) < 4.78 is 0. The van der Waals surface area contributed by atoms with Crippen molar-refractivity contribution in [1.29, 1.82) is 0 Å². The maximum atomic E-state index is 11.7. The second-order valence-corrected chi connectivity index (χ2v) is 3.93. The molecule has 0 saturated carbocycles. The van der Waals surface area contributed by atoms with Crippen LogP contribution in [0.5, 0.6) is 0 Å². The number of hydrogen-bond donors (Lipinski definition) is 3. The molecule has 0 aliphatic heterocycles. The fourth-order valence-corrected chi connectivity index (χ4v) is 1.51. The molecule has 2 rings (SSSR count). The molecule has 5 N–H and O–H groups in total. The molecule has 1 amide bonds. The highest BCUT2D eigenvalue weighted by atomic mass is 16.1. The van der Waals surface area contributed by atoms with Gasteiger partial charge in [-0.2, -0.15) is 0 Å². The molecule has 19 heavy (non-hydrogen) atoms. The number of nitrogen functional groups attached to an aromatic ring is 2. The molecule has 0 bridgehead atoms. The van der Waals surface area contributed by atoms with Crippen molar-refractivity contribution in [3.8, 4) is 0 Å². The van der Waals surface area contributed by atoms with Gasteiger partial charge in [0, 0.05) is 23.6 Å². The van der Waals surface area contributed by atoms with Crippen molar-refractivity contribution in [2.45, 2.75) is 0 Å². The van der Waals surface area contributed by atoms with Gasteiger partial charge in [-0.1, -0.05) is 6.07 Å². The Hall–Kier alpha value is -2.82. The van der Waals surface area contributed by atoms with Gasteiger partial charge in [0.15, 0.2) is 0 Å². The van der Waals surface area contributed by atoms with Crippen molar-refractivity contribution in [3.63, 3.8) is 0 Å². The summed E-state index contributed by atoms with van der Waals surface area (Å²) in [7, 11) is 0. The molecular formula is C14H14N4O. The van der Waals surface area contributed by atoms with E-state index in [1.165, 1.54) is 6.08 Å². The molecule has 1 aromatic heterocycles. The van der Waals surface area contributed by atoms with E-state index in [0.717, 1.165) is 0 Å². The summed E-state index contributed by atoms with van der Waals surface area (Å²) >= 11 is 0. The lowest BCUT2D eigenvalue weighted by molar-refractivity contribution is -0.111. The number of rotatable bonds is 3. The van der Waals surface area contributed by atoms with Crippen LogP contribution in [0.3, 0.4) is 0 Å². The Balaban J connectivity index is 2.06. The zero-order valence-corrected chi connectivity index (χ0v) is 10.2. The minimum Gasteiger partial charge on any atom is -0.399 e. The molecular weight excluding hydrogens is 240 g/mol. The van der Waals surface area contributed by atoms with E-state index in [-0.39, 0.29) is 5.91 Å². The topological polar surface area (TPSA) is 94.0 Å². The number of carbonyl (C=O) groups is 1. The Morgan fingerprint density at radius 1 is 1.21 bits per heavy atom. The van der Waals surface area contributed by atoms with Crippen molar-refractivity contribution >= 4 is 29.2 Å². The van der Waals surface area contributed by atoms with Crippen molar-refractivity contribution in [2.75, 3.05) is 16.8 Å². The molecule has 0 saturated heterocycles. The maximum Gasteiger partial charge on any atom is 0.249 e. The molecule has 1 heterocycles. The lowest BCUT2D eigenvalue weighted by Gasteiger charge is -2.02. The zero-order valence-electron chi connectivity index (χ0n) is 10.2. The first-order valence-electron chi connectivity index (χ1n) is 5.70. The normalized spacial score (nSPS) is 10.5. The first-order chi connectivity index (χ1) is 9.15. The first-order valence-corrected chi connectivity index (χ1v) is 5.70. The van der Waals surface area contributed by atoms with Gasteiger partial charge in [-0.3, -0.25) is 4.79 Å². The Labute approximate surface area is 111 Å². The van der Waals surface area contributed by atoms with Crippen LogP contribution in [-0.4, -0.2) is 10.9 Å². The Morgan fingerprint density at radius 2 is 2.05 bits per heavy atom. The molecule has 0 atom stereocenters. The molecule has 0 aliphatic carbocycles. The van der Waals surface area contributed by atoms with Crippen LogP contribution in [0.15, 0.2) is 48.7 Å². The fraction of sp³-hybridized carbons (Fsp3) is 0. The molecule has 0 fully saturated rings. The number of carbonyl (C=O) groups excluding carboxylic acids is 1. The summed E-state index contributed by atoms with van der Waals surface area (Å²) in [6, 6.07) is 10.4. The number of hydrogen-bond acceptors (Lipinski definition) is 4. The summed E-state index contributed by atoms with van der Waals surface area (Å²) in [6.45, 7) is 0. The number of anilines is 3. The quantitative estimate of drug-likeness (QED) is 0.576. The summed E-state index contributed by atoms with van der Waals surface area (Å²) in [6.07, 6.45) is 4.61. The van der Waals surface area contributed by atoms with Gasteiger partial charge >= 0.3 is 0 Å². The summed E-state index contributed by atoms with van der Waals surface area (Å²) in [5.41, 5.74) is 13.3. The fourth-order valence-electron chi connectivity index (χ4n) is 1.51. The summed E-state index contributed by atoms with van der Waals surface area (Å²) in [4.78, 5) is 15.7. The van der Waals surface area contributed by atoms with Crippen molar-refractivity contribution in [2.24, 2.45) is 0 Å². The van der Waals surface area contributed by atoms with Gasteiger partial charge in [0.05, 0.1) is 0 Å². The van der Waals surface area contributed by atoms with Crippen LogP contribution < -0.4 is 16.8 Å². The number of amides is 1. The molecule has 1 aromatic carbocycles. The average molecular weight is 254 g/mol. The monoisotopic (exact) mass is 254 g/mol. The van der Waals surface area contributed by atoms with Crippen LogP contribution in [0, 0.1) is 0 Å². The lowest BCUT2D eigenvalue weighted by atomic mass is 10.1. The van der Waals surface area contributed by atoms with Gasteiger partial charge in [0.2, 0.25) is 5.91 Å². The van der Waals surface area contributed by atoms with E-state index < -0.39 is 0 Å². The minimum atomic E-state index is -0.277. The second kappa shape index (κ2) is 5.68. The van der Waals surface area contributed by atoms with Crippen LogP contribution in [0.2, 0.25) is 0 Å². The van der Waals surface area contributed by atoms with Gasteiger partial charge in [-0.15, -0.1) is 0 Å². The third kappa shape index (κ3) is 3.57. The second-order valence-electron chi connectivity index (χ2n) is 3.93. The van der Waals surface area contributed by atoms with Gasteiger partial charge in [-0.05, 0) is 42.0 Å². The van der Waals surface area contributed by atoms with Gasteiger partial charge in [0.25, 0.3) is 0 Å². The Kier molecular flexibility index (Phi) is 3.78. The Bertz CT molecular complexity index is 608. The van der Waals surface area contributed by atoms with E-state index in [1.807, 2.05) is 0 Å². The third-order valence-corrected chi connectivity index (χ3v) is 2.44. The highest BCUT2D eigenvalue weighted by Crippen LogP contribution is 2.17. The van der Waals surface area contributed by atoms with Crippen molar-refractivity contribution < 1.29 is 4.79 Å². The average Bonchev–Trinajstić information content (AvgIpc) is 2.41. The smallest absolute Gasteiger partial charge is 0.249 e. The van der Waals surface area contributed by atoms with Crippen molar-refractivity contribution in [3.05, 3.63) is 54.2 Å². The van der Waals surface area contributed by atoms with E-state index in [1.54, 1.807) is 48.7 Å². The maximum absolute atomic E-state index is 11.7. The zero-order chi connectivity index (χ0) is 13.7. The highest BCUT2D eigenvalue weighted by molar-refractivity contribution is 6.01. The lowest BCUT2D eigenvalue weighted by Crippen LogP contribution is -2.08. The molecule has 0 spiro atoms. The minimum absolute atomic E-state index is 0.277. The summed E-state index contributed by atoms with van der Waals surface area (Å²) in [5, 5.41) is 2.64. The standard InChI is InChI=1S/C14H14N4O/c15-11-5-6-12(16)10(9-11)4-7-14(19)18-13-3-1-2-8-17-13/h1-9H,15-16H2,(H,17,18,19). The number of nitrogens with two attached hydrogens (primary N) is 2. The SMILES string of the molecule is Nc1ccc(N)c(C=CC(=O)Nc2ccccn2)c1. The van der Waals surface area contributed by atoms with Crippen LogP contribution in [0.1, 0.15) is 5.56 Å². The highest BCUT2D eigenvalue weighted by Gasteiger charge is 1.99. The molecule has 0 unspecified atom stereocenters. The van der Waals surface area contributed by atoms with Gasteiger partial charge in [0.1, 0.15) is 5.82 Å². The largest absolute Gasteiger partial charge is 0.399 e. The van der Waals surface area contributed by atoms with E-state index in [2.05, 4.69) is 10.3 Å². The molecule has 0 aliphatic rings. The molecule has 0 radical (unpaired) electrons. The number of nitrogens with one attached hydrogen (secondary N) is 1. The number of aromatic nitrogens is 1.